The van der Waals surface area contributed by atoms with Gasteiger partial charge >= 0.3 is 6.09 Å². The number of carboxylic acid groups (broad SMARTS) is 1. The van der Waals surface area contributed by atoms with Crippen molar-refractivity contribution < 1.29 is 24.9 Å². The molecule has 0 unspecified atom stereocenters. The predicted molar refractivity (Wildman–Crippen MR) is 97.5 cm³/mol. The lowest BCUT2D eigenvalue weighted by atomic mass is 10.0. The molecule has 0 radical (unpaired) electrons. The van der Waals surface area contributed by atoms with Gasteiger partial charge in [-0.15, -0.1) is 0 Å². The Balaban J connectivity index is 0.000000197. The molecule has 8 heteroatoms. The average molecular weight is 367 g/mol. The van der Waals surface area contributed by atoms with E-state index in [-0.39, 0.29) is 12.0 Å². The van der Waals surface area contributed by atoms with Crippen molar-refractivity contribution in [2.24, 2.45) is 5.92 Å². The molecule has 146 valence electrons. The van der Waals surface area contributed by atoms with Gasteiger partial charge in [-0.3, -0.25) is 0 Å². The third-order valence-electron chi connectivity index (χ3n) is 4.66. The summed E-state index contributed by atoms with van der Waals surface area (Å²) in [4.78, 5) is 10.0. The third kappa shape index (κ3) is 6.80. The number of carbonyl (C=O) groups is 1. The SMILES string of the molecule is COc1ccc(C[C@@H]2C[C@@H](O)CN2)cc1.O=C(O)NC[C@H]1CNC[C@@H]1O. The van der Waals surface area contributed by atoms with Crippen LogP contribution in [0.4, 0.5) is 4.79 Å². The fourth-order valence-electron chi connectivity index (χ4n) is 3.15. The van der Waals surface area contributed by atoms with Gasteiger partial charge in [-0.25, -0.2) is 4.79 Å². The van der Waals surface area contributed by atoms with Crippen LogP contribution in [-0.2, 0) is 6.42 Å². The molecule has 26 heavy (non-hydrogen) atoms. The Morgan fingerprint density at radius 2 is 1.96 bits per heavy atom. The molecular formula is C18H29N3O5. The summed E-state index contributed by atoms with van der Waals surface area (Å²) < 4.78 is 5.10. The van der Waals surface area contributed by atoms with E-state index in [2.05, 4.69) is 28.1 Å². The van der Waals surface area contributed by atoms with E-state index in [4.69, 9.17) is 9.84 Å². The van der Waals surface area contributed by atoms with Gasteiger partial charge in [-0.05, 0) is 30.5 Å². The predicted octanol–water partition coefficient (Wildman–Crippen LogP) is -0.205. The zero-order valence-electron chi connectivity index (χ0n) is 15.0. The van der Waals surface area contributed by atoms with E-state index < -0.39 is 12.2 Å². The largest absolute Gasteiger partial charge is 0.497 e. The van der Waals surface area contributed by atoms with E-state index in [9.17, 15) is 15.0 Å². The third-order valence-corrected chi connectivity index (χ3v) is 4.66. The second-order valence-corrected chi connectivity index (χ2v) is 6.72. The lowest BCUT2D eigenvalue weighted by Gasteiger charge is -2.11. The Bertz CT molecular complexity index is 554. The fraction of sp³-hybridized carbons (Fsp3) is 0.611. The summed E-state index contributed by atoms with van der Waals surface area (Å²) >= 11 is 0. The van der Waals surface area contributed by atoms with Crippen molar-refractivity contribution in [3.05, 3.63) is 29.8 Å². The summed E-state index contributed by atoms with van der Waals surface area (Å²) in [7, 11) is 1.67. The lowest BCUT2D eigenvalue weighted by molar-refractivity contribution is 0.143. The first-order chi connectivity index (χ1) is 12.5. The highest BCUT2D eigenvalue weighted by molar-refractivity contribution is 5.64. The van der Waals surface area contributed by atoms with E-state index in [1.165, 1.54) is 5.56 Å². The first-order valence-electron chi connectivity index (χ1n) is 8.88. The van der Waals surface area contributed by atoms with Crippen molar-refractivity contribution in [2.75, 3.05) is 33.3 Å². The summed E-state index contributed by atoms with van der Waals surface area (Å²) in [5.74, 6) is 0.907. The van der Waals surface area contributed by atoms with E-state index in [1.807, 2.05) is 12.1 Å². The van der Waals surface area contributed by atoms with Gasteiger partial charge in [0.25, 0.3) is 0 Å². The summed E-state index contributed by atoms with van der Waals surface area (Å²) in [6.07, 6.45) is 0.201. The number of benzene rings is 1. The smallest absolute Gasteiger partial charge is 0.404 e. The molecule has 1 amide bonds. The molecule has 2 heterocycles. The van der Waals surface area contributed by atoms with Crippen LogP contribution in [0, 0.1) is 5.92 Å². The van der Waals surface area contributed by atoms with Crippen molar-refractivity contribution in [3.8, 4) is 5.75 Å². The number of hydrogen-bond donors (Lipinski definition) is 6. The van der Waals surface area contributed by atoms with Gasteiger partial charge in [0, 0.05) is 38.1 Å². The van der Waals surface area contributed by atoms with Crippen LogP contribution in [-0.4, -0.2) is 73.0 Å². The van der Waals surface area contributed by atoms with E-state index in [1.54, 1.807) is 7.11 Å². The first kappa shape index (κ1) is 20.4. The molecule has 1 aromatic rings. The van der Waals surface area contributed by atoms with Crippen molar-refractivity contribution in [3.63, 3.8) is 0 Å². The maximum Gasteiger partial charge on any atom is 0.404 e. The number of ether oxygens (including phenoxy) is 1. The zero-order chi connectivity index (χ0) is 18.9. The number of aliphatic hydroxyl groups excluding tert-OH is 2. The van der Waals surface area contributed by atoms with Crippen molar-refractivity contribution in [1.82, 2.24) is 16.0 Å². The number of β-amino-alcohol motifs (C(OH)–C–C–N with tert-alkyl or cyclic N) is 2. The van der Waals surface area contributed by atoms with Crippen molar-refractivity contribution in [1.29, 1.82) is 0 Å². The minimum Gasteiger partial charge on any atom is -0.497 e. The Hall–Kier alpha value is -1.87. The van der Waals surface area contributed by atoms with Gasteiger partial charge < -0.3 is 36.0 Å². The summed E-state index contributed by atoms with van der Waals surface area (Å²) in [6, 6.07) is 8.51. The highest BCUT2D eigenvalue weighted by Crippen LogP contribution is 2.16. The van der Waals surface area contributed by atoms with Crippen LogP contribution in [0.5, 0.6) is 5.75 Å². The number of amides is 1. The number of aliphatic hydroxyl groups is 2. The normalized spacial score (nSPS) is 27.5. The molecule has 0 aliphatic carbocycles. The molecule has 2 fully saturated rings. The lowest BCUT2D eigenvalue weighted by Crippen LogP contribution is -2.33. The maximum absolute atomic E-state index is 10.0. The zero-order valence-corrected chi connectivity index (χ0v) is 15.0. The minimum atomic E-state index is -1.04. The Morgan fingerprint density at radius 3 is 2.46 bits per heavy atom. The minimum absolute atomic E-state index is 0.0195. The number of hydrogen-bond acceptors (Lipinski definition) is 6. The van der Waals surface area contributed by atoms with Gasteiger partial charge in [0.2, 0.25) is 0 Å². The molecule has 0 saturated carbocycles. The summed E-state index contributed by atoms with van der Waals surface area (Å²) in [6.45, 7) is 2.29. The van der Waals surface area contributed by atoms with Crippen molar-refractivity contribution >= 4 is 6.09 Å². The van der Waals surface area contributed by atoms with E-state index >= 15 is 0 Å². The molecule has 4 atom stereocenters. The molecule has 2 aliphatic heterocycles. The van der Waals surface area contributed by atoms with Crippen molar-refractivity contribution in [2.45, 2.75) is 31.1 Å². The summed E-state index contributed by atoms with van der Waals surface area (Å²) in [5.41, 5.74) is 1.28. The number of methoxy groups -OCH3 is 1. The standard InChI is InChI=1S/C12H17NO2.C6H12N2O3/c1-15-12-4-2-9(3-5-12)6-10-7-11(14)8-13-10;9-5-3-7-1-4(5)2-8-6(10)11/h2-5,10-11,13-14H,6-8H2,1H3;4-5,7-9H,1-3H2,(H,10,11)/t10-,11-;4-,5+/m11/s1. The molecule has 8 nitrogen and oxygen atoms in total. The van der Waals surface area contributed by atoms with Gasteiger partial charge in [-0.1, -0.05) is 12.1 Å². The summed E-state index contributed by atoms with van der Waals surface area (Å²) in [5, 5.41) is 35.3. The van der Waals surface area contributed by atoms with Crippen LogP contribution in [0.2, 0.25) is 0 Å². The van der Waals surface area contributed by atoms with E-state index in [0.717, 1.165) is 25.1 Å². The molecule has 0 bridgehead atoms. The second kappa shape index (κ2) is 10.3. The fourth-order valence-corrected chi connectivity index (χ4v) is 3.15. The topological polar surface area (TPSA) is 123 Å². The van der Waals surface area contributed by atoms with E-state index in [0.29, 0.717) is 25.7 Å². The van der Waals surface area contributed by atoms with Crippen LogP contribution in [0.1, 0.15) is 12.0 Å². The van der Waals surface area contributed by atoms with Gasteiger partial charge in [0.05, 0.1) is 19.3 Å². The van der Waals surface area contributed by atoms with Crippen LogP contribution in [0.25, 0.3) is 0 Å². The van der Waals surface area contributed by atoms with Crippen LogP contribution < -0.4 is 20.7 Å². The Morgan fingerprint density at radius 1 is 1.23 bits per heavy atom. The Labute approximate surface area is 153 Å². The molecule has 0 aromatic heterocycles. The molecule has 1 aromatic carbocycles. The molecule has 2 aliphatic rings. The maximum atomic E-state index is 10.0. The van der Waals surface area contributed by atoms with Crippen LogP contribution in [0.3, 0.4) is 0 Å². The molecular weight excluding hydrogens is 338 g/mol. The second-order valence-electron chi connectivity index (χ2n) is 6.72. The Kier molecular flexibility index (Phi) is 8.11. The van der Waals surface area contributed by atoms with Gasteiger partial charge in [0.15, 0.2) is 0 Å². The van der Waals surface area contributed by atoms with Crippen LogP contribution >= 0.6 is 0 Å². The molecule has 3 rings (SSSR count). The molecule has 2 saturated heterocycles. The van der Waals surface area contributed by atoms with Crippen LogP contribution in [0.15, 0.2) is 24.3 Å². The molecule has 0 spiro atoms. The van der Waals surface area contributed by atoms with Gasteiger partial charge in [-0.2, -0.15) is 0 Å². The number of nitrogens with one attached hydrogen (secondary N) is 3. The quantitative estimate of drug-likeness (QED) is 0.426. The average Bonchev–Trinajstić information content (AvgIpc) is 3.22. The first-order valence-corrected chi connectivity index (χ1v) is 8.88. The van der Waals surface area contributed by atoms with Gasteiger partial charge in [0.1, 0.15) is 5.75 Å². The highest BCUT2D eigenvalue weighted by atomic mass is 16.5. The monoisotopic (exact) mass is 367 g/mol. The highest BCUT2D eigenvalue weighted by Gasteiger charge is 2.24. The number of rotatable bonds is 5. The molecule has 6 N–H and O–H groups in total.